The van der Waals surface area contributed by atoms with Gasteiger partial charge in [-0.05, 0) is 50.6 Å². The normalized spacial score (nSPS) is 16.8. The van der Waals surface area contributed by atoms with Crippen LogP contribution in [0.15, 0.2) is 58.7 Å². The van der Waals surface area contributed by atoms with Crippen LogP contribution in [0.25, 0.3) is 0 Å². The zero-order chi connectivity index (χ0) is 27.8. The number of ketones is 1. The highest BCUT2D eigenvalue weighted by Gasteiger charge is 2.27. The zero-order valence-corrected chi connectivity index (χ0v) is 24.9. The average Bonchev–Trinajstić information content (AvgIpc) is 3.56. The van der Waals surface area contributed by atoms with Crippen LogP contribution in [0.4, 0.5) is 0 Å². The van der Waals surface area contributed by atoms with Gasteiger partial charge in [-0.1, -0.05) is 88.5 Å². The van der Waals surface area contributed by atoms with Gasteiger partial charge in [-0.15, -0.1) is 0 Å². The number of aryl methyl sites for hydroxylation is 1. The summed E-state index contributed by atoms with van der Waals surface area (Å²) < 4.78 is 5.07. The summed E-state index contributed by atoms with van der Waals surface area (Å²) >= 11 is 3.00. The van der Waals surface area contributed by atoms with E-state index >= 15 is 0 Å². The van der Waals surface area contributed by atoms with E-state index in [0.29, 0.717) is 5.75 Å². The standard InChI is InChI=1S/C14H19N3OS.C9H11N3OS.2C2H6.CH4/c1-4-17-13(12-7-5-10(2)6-8-12)15-16-14(17)19-9-11(3)18;1-13-7-4-2-6(3-5-7)8-11-12-9(10)14-8;2*1-2;/h5-8,13,15H,4,9H2,1-3H3;2-5,9,12H,10H2,1H3;2*1-2H3;1H4. The minimum absolute atomic E-state index is 0. The number of rotatable bonds is 6. The van der Waals surface area contributed by atoms with E-state index in [1.807, 2.05) is 52.0 Å². The molecule has 2 atom stereocenters. The van der Waals surface area contributed by atoms with Crippen LogP contribution in [-0.4, -0.2) is 45.8 Å². The number of carbonyl (C=O) groups is 1. The number of carbonyl (C=O) groups excluding carboxylic acids is 1. The molecule has 2 aliphatic rings. The van der Waals surface area contributed by atoms with Crippen LogP contribution in [0, 0.1) is 6.92 Å². The van der Waals surface area contributed by atoms with Gasteiger partial charge in [0.05, 0.1) is 12.9 Å². The number of ether oxygens (including phenoxy) is 1. The molecule has 0 bridgehead atoms. The Balaban J connectivity index is 0.000000641. The Morgan fingerprint density at radius 1 is 1.05 bits per heavy atom. The van der Waals surface area contributed by atoms with Crippen molar-refractivity contribution in [3.05, 3.63) is 65.2 Å². The number of methoxy groups -OCH3 is 1. The molecule has 212 valence electrons. The first-order valence-corrected chi connectivity index (χ1v) is 14.5. The predicted octanol–water partition coefficient (Wildman–Crippen LogP) is 6.14. The van der Waals surface area contributed by atoms with Gasteiger partial charge >= 0.3 is 0 Å². The smallest absolute Gasteiger partial charge is 0.185 e. The zero-order valence-electron chi connectivity index (χ0n) is 23.2. The second-order valence-electron chi connectivity index (χ2n) is 7.43. The highest BCUT2D eigenvalue weighted by atomic mass is 32.2. The number of Topliss-reactive ketones (excluding diaryl/α,β-unsaturated/α-hetero) is 1. The van der Waals surface area contributed by atoms with Crippen molar-refractivity contribution in [1.29, 1.82) is 0 Å². The Morgan fingerprint density at radius 3 is 2.13 bits per heavy atom. The number of nitrogens with one attached hydrogen (secondary N) is 2. The van der Waals surface area contributed by atoms with E-state index in [1.165, 1.54) is 34.7 Å². The van der Waals surface area contributed by atoms with E-state index in [1.54, 1.807) is 14.0 Å². The van der Waals surface area contributed by atoms with Crippen molar-refractivity contribution >= 4 is 39.5 Å². The molecule has 0 saturated heterocycles. The lowest BCUT2D eigenvalue weighted by Crippen LogP contribution is -2.32. The molecule has 2 aromatic carbocycles. The molecule has 8 nitrogen and oxygen atoms in total. The molecule has 2 aromatic rings. The molecule has 0 radical (unpaired) electrons. The van der Waals surface area contributed by atoms with Crippen LogP contribution in [-0.2, 0) is 4.79 Å². The third-order valence-corrected chi connectivity index (χ3v) is 6.89. The Bertz CT molecular complexity index is 997. The molecule has 0 spiro atoms. The van der Waals surface area contributed by atoms with E-state index in [0.717, 1.165) is 28.1 Å². The monoisotopic (exact) mass is 562 g/mol. The highest BCUT2D eigenvalue weighted by Crippen LogP contribution is 2.27. The third-order valence-electron chi connectivity index (χ3n) is 4.85. The lowest BCUT2D eigenvalue weighted by atomic mass is 10.1. The van der Waals surface area contributed by atoms with Crippen molar-refractivity contribution in [2.75, 3.05) is 19.4 Å². The molecular formula is C28H46N6O2S2. The fourth-order valence-corrected chi connectivity index (χ4v) is 4.70. The number of benzene rings is 2. The first-order chi connectivity index (χ1) is 17.9. The summed E-state index contributed by atoms with van der Waals surface area (Å²) in [6, 6.07) is 16.2. The maximum absolute atomic E-state index is 11.1. The van der Waals surface area contributed by atoms with Gasteiger partial charge in [0.2, 0.25) is 0 Å². The summed E-state index contributed by atoms with van der Waals surface area (Å²) in [5.74, 6) is 1.48. The molecule has 4 rings (SSSR count). The third kappa shape index (κ3) is 11.0. The van der Waals surface area contributed by atoms with Crippen molar-refractivity contribution in [2.24, 2.45) is 15.9 Å². The molecule has 10 heteroatoms. The number of hydrogen-bond donors (Lipinski definition) is 3. The van der Waals surface area contributed by atoms with E-state index in [-0.39, 0.29) is 24.9 Å². The number of hydrazone groups is 2. The number of nitrogens with zero attached hydrogens (tertiary/aromatic N) is 3. The van der Waals surface area contributed by atoms with Gasteiger partial charge < -0.3 is 15.4 Å². The first kappa shape index (κ1) is 35.3. The lowest BCUT2D eigenvalue weighted by molar-refractivity contribution is -0.114. The van der Waals surface area contributed by atoms with Crippen molar-refractivity contribution in [3.8, 4) is 5.75 Å². The van der Waals surface area contributed by atoms with Gasteiger partial charge in [0.15, 0.2) is 5.17 Å². The molecule has 0 aromatic heterocycles. The van der Waals surface area contributed by atoms with Crippen molar-refractivity contribution in [1.82, 2.24) is 15.8 Å². The number of thioether (sulfide) groups is 2. The quantitative estimate of drug-likeness (QED) is 0.386. The van der Waals surface area contributed by atoms with E-state index in [4.69, 9.17) is 10.5 Å². The van der Waals surface area contributed by atoms with Gasteiger partial charge in [-0.3, -0.25) is 15.6 Å². The Labute approximate surface area is 238 Å². The molecule has 2 heterocycles. The number of nitrogens with two attached hydrogens (primary N) is 1. The molecular weight excluding hydrogens is 516 g/mol. The second-order valence-corrected chi connectivity index (χ2v) is 9.50. The van der Waals surface area contributed by atoms with Crippen molar-refractivity contribution in [3.63, 3.8) is 0 Å². The molecule has 2 aliphatic heterocycles. The number of amidine groups is 1. The lowest BCUT2D eigenvalue weighted by Gasteiger charge is -2.25. The van der Waals surface area contributed by atoms with E-state index < -0.39 is 0 Å². The molecule has 38 heavy (non-hydrogen) atoms. The van der Waals surface area contributed by atoms with Crippen molar-refractivity contribution < 1.29 is 9.53 Å². The summed E-state index contributed by atoms with van der Waals surface area (Å²) in [4.78, 5) is 13.2. The molecule has 0 fully saturated rings. The number of hydrogen-bond acceptors (Lipinski definition) is 10. The van der Waals surface area contributed by atoms with Gasteiger partial charge in [-0.2, -0.15) is 10.2 Å². The first-order valence-electron chi connectivity index (χ1n) is 12.6. The Morgan fingerprint density at radius 2 is 1.66 bits per heavy atom. The van der Waals surface area contributed by atoms with Gasteiger partial charge in [0.25, 0.3) is 0 Å². The van der Waals surface area contributed by atoms with E-state index in [9.17, 15) is 4.79 Å². The minimum atomic E-state index is -0.132. The van der Waals surface area contributed by atoms with Crippen LogP contribution in [0.1, 0.15) is 71.8 Å². The predicted molar refractivity (Wildman–Crippen MR) is 168 cm³/mol. The van der Waals surface area contributed by atoms with Gasteiger partial charge in [0.1, 0.15) is 28.2 Å². The maximum Gasteiger partial charge on any atom is 0.185 e. The van der Waals surface area contributed by atoms with Crippen LogP contribution < -0.4 is 21.3 Å². The largest absolute Gasteiger partial charge is 0.497 e. The SMILES string of the molecule is C.CC.CC.CCN1C(SCC(C)=O)=NNC1c1ccc(C)cc1.COc1ccc(C2=NNC(N)S2)cc1. The van der Waals surface area contributed by atoms with Gasteiger partial charge in [-0.25, -0.2) is 0 Å². The summed E-state index contributed by atoms with van der Waals surface area (Å²) in [7, 11) is 1.65. The van der Waals surface area contributed by atoms with E-state index in [2.05, 4.69) is 64.1 Å². The molecule has 0 aliphatic carbocycles. The topological polar surface area (TPSA) is 104 Å². The van der Waals surface area contributed by atoms with Crippen LogP contribution in [0.2, 0.25) is 0 Å². The highest BCUT2D eigenvalue weighted by molar-refractivity contribution is 8.15. The van der Waals surface area contributed by atoms with Crippen molar-refractivity contribution in [2.45, 2.75) is 67.6 Å². The Hall–Kier alpha value is -2.69. The fraction of sp³-hybridized carbons (Fsp3) is 0.464. The molecule has 4 N–H and O–H groups in total. The van der Waals surface area contributed by atoms with Crippen LogP contribution in [0.3, 0.4) is 0 Å². The summed E-state index contributed by atoms with van der Waals surface area (Å²) in [5.41, 5.74) is 14.9. The maximum atomic E-state index is 11.1. The molecule has 2 unspecified atom stereocenters. The Kier molecular flexibility index (Phi) is 18.0. The van der Waals surface area contributed by atoms with Gasteiger partial charge in [0, 0.05) is 12.1 Å². The summed E-state index contributed by atoms with van der Waals surface area (Å²) in [6.45, 7) is 14.6. The second kappa shape index (κ2) is 19.4. The minimum Gasteiger partial charge on any atom is -0.497 e. The van der Waals surface area contributed by atoms with Crippen LogP contribution >= 0.6 is 23.5 Å². The average molecular weight is 563 g/mol. The molecule has 0 saturated carbocycles. The fourth-order valence-electron chi connectivity index (χ4n) is 3.12. The van der Waals surface area contributed by atoms with Crippen LogP contribution in [0.5, 0.6) is 5.75 Å². The summed E-state index contributed by atoms with van der Waals surface area (Å²) in [5, 5.41) is 10.3. The molecule has 0 amide bonds. The summed E-state index contributed by atoms with van der Waals surface area (Å²) in [6.07, 6.45) is 0.0695.